The molecule has 0 saturated carbocycles. The number of aliphatic imine (C=N–C) groups is 1. The van der Waals surface area contributed by atoms with Crippen LogP contribution in [0, 0.1) is 5.92 Å². The molecule has 0 aromatic heterocycles. The van der Waals surface area contributed by atoms with Crippen molar-refractivity contribution in [2.45, 2.75) is 38.8 Å². The molecule has 0 radical (unpaired) electrons. The molecule has 2 saturated heterocycles. The molecule has 0 aromatic rings. The van der Waals surface area contributed by atoms with Crippen molar-refractivity contribution in [2.24, 2.45) is 10.9 Å². The van der Waals surface area contributed by atoms with Gasteiger partial charge in [-0.25, -0.2) is 0 Å². The van der Waals surface area contributed by atoms with E-state index in [0.717, 1.165) is 24.1 Å². The standard InChI is InChI=1S/C11H20N2OS/c1-8(2)10-7-15-11(13-10)12-6-9-4-3-5-14-9/h8-10H,3-7H2,1-2H3,(H,12,13)/t9?,10-/m1/s1. The Morgan fingerprint density at radius 1 is 1.60 bits per heavy atom. The second-order valence-corrected chi connectivity index (χ2v) is 5.60. The van der Waals surface area contributed by atoms with Crippen molar-refractivity contribution in [3.63, 3.8) is 0 Å². The Bertz CT molecular complexity index is 237. The third-order valence-electron chi connectivity index (χ3n) is 2.98. The average molecular weight is 228 g/mol. The minimum Gasteiger partial charge on any atom is -0.376 e. The number of thioether (sulfide) groups is 1. The van der Waals surface area contributed by atoms with Crippen LogP contribution in [0.3, 0.4) is 0 Å². The topological polar surface area (TPSA) is 33.6 Å². The highest BCUT2D eigenvalue weighted by Crippen LogP contribution is 2.20. The quantitative estimate of drug-likeness (QED) is 0.801. The molecule has 4 heteroatoms. The average Bonchev–Trinajstić information content (AvgIpc) is 2.86. The fraction of sp³-hybridized carbons (Fsp3) is 0.909. The molecule has 2 heterocycles. The van der Waals surface area contributed by atoms with Crippen LogP contribution in [0.5, 0.6) is 0 Å². The summed E-state index contributed by atoms with van der Waals surface area (Å²) < 4.78 is 5.54. The molecule has 3 nitrogen and oxygen atoms in total. The van der Waals surface area contributed by atoms with Crippen molar-refractivity contribution in [3.8, 4) is 0 Å². The zero-order valence-corrected chi connectivity index (χ0v) is 10.3. The Hall–Kier alpha value is -0.220. The summed E-state index contributed by atoms with van der Waals surface area (Å²) in [6.45, 7) is 6.26. The fourth-order valence-corrected chi connectivity index (χ4v) is 3.04. The minimum atomic E-state index is 0.373. The summed E-state index contributed by atoms with van der Waals surface area (Å²) in [6, 6.07) is 0.596. The van der Waals surface area contributed by atoms with Gasteiger partial charge < -0.3 is 10.1 Å². The van der Waals surface area contributed by atoms with Crippen molar-refractivity contribution in [1.29, 1.82) is 0 Å². The molecule has 86 valence electrons. The molecule has 0 amide bonds. The summed E-state index contributed by atoms with van der Waals surface area (Å²) in [5, 5.41) is 4.59. The molecule has 0 aliphatic carbocycles. The highest BCUT2D eigenvalue weighted by Gasteiger charge is 2.23. The molecule has 2 rings (SSSR count). The first-order chi connectivity index (χ1) is 7.25. The van der Waals surface area contributed by atoms with E-state index in [2.05, 4.69) is 24.2 Å². The molecule has 2 aliphatic rings. The Kier molecular flexibility index (Phi) is 3.92. The van der Waals surface area contributed by atoms with E-state index in [1.165, 1.54) is 12.8 Å². The van der Waals surface area contributed by atoms with Gasteiger partial charge in [-0.1, -0.05) is 25.6 Å². The van der Waals surface area contributed by atoms with Crippen LogP contribution >= 0.6 is 11.8 Å². The third kappa shape index (κ3) is 3.11. The van der Waals surface area contributed by atoms with Gasteiger partial charge >= 0.3 is 0 Å². The van der Waals surface area contributed by atoms with E-state index in [9.17, 15) is 0 Å². The predicted octanol–water partition coefficient (Wildman–Crippen LogP) is 1.88. The Morgan fingerprint density at radius 3 is 3.07 bits per heavy atom. The Labute approximate surface area is 96.1 Å². The lowest BCUT2D eigenvalue weighted by Crippen LogP contribution is -2.32. The van der Waals surface area contributed by atoms with Crippen LogP contribution in [0.4, 0.5) is 0 Å². The first-order valence-corrected chi connectivity index (χ1v) is 6.79. The van der Waals surface area contributed by atoms with Gasteiger partial charge in [-0.3, -0.25) is 4.99 Å². The number of hydrogen-bond donors (Lipinski definition) is 1. The molecule has 0 spiro atoms. The van der Waals surface area contributed by atoms with Crippen molar-refractivity contribution in [2.75, 3.05) is 18.9 Å². The molecule has 2 aliphatic heterocycles. The van der Waals surface area contributed by atoms with Gasteiger partial charge in [0.05, 0.1) is 12.6 Å². The van der Waals surface area contributed by atoms with Crippen LogP contribution in [0.2, 0.25) is 0 Å². The minimum absolute atomic E-state index is 0.373. The molecule has 0 aromatic carbocycles. The molecular formula is C11H20N2OS. The van der Waals surface area contributed by atoms with Crippen LogP contribution in [-0.4, -0.2) is 36.2 Å². The van der Waals surface area contributed by atoms with Gasteiger partial charge in [0.15, 0.2) is 5.17 Å². The van der Waals surface area contributed by atoms with Gasteiger partial charge in [0.1, 0.15) is 0 Å². The second-order valence-electron chi connectivity index (χ2n) is 4.59. The van der Waals surface area contributed by atoms with Crippen molar-refractivity contribution in [1.82, 2.24) is 5.32 Å². The van der Waals surface area contributed by atoms with Gasteiger partial charge in [0, 0.05) is 18.4 Å². The number of nitrogens with zero attached hydrogens (tertiary/aromatic N) is 1. The number of rotatable bonds is 3. The lowest BCUT2D eigenvalue weighted by Gasteiger charge is -2.13. The SMILES string of the molecule is CC(C)[C@H]1CSC(=NCC2CCCO2)N1. The van der Waals surface area contributed by atoms with E-state index in [-0.39, 0.29) is 0 Å². The first-order valence-electron chi connectivity index (χ1n) is 5.81. The maximum Gasteiger partial charge on any atom is 0.156 e. The van der Waals surface area contributed by atoms with Gasteiger partial charge in [0.2, 0.25) is 0 Å². The highest BCUT2D eigenvalue weighted by molar-refractivity contribution is 8.14. The van der Waals surface area contributed by atoms with Crippen molar-refractivity contribution < 1.29 is 4.74 Å². The summed E-state index contributed by atoms with van der Waals surface area (Å²) in [5.74, 6) is 1.84. The lowest BCUT2D eigenvalue weighted by molar-refractivity contribution is 0.118. The summed E-state index contributed by atoms with van der Waals surface area (Å²) in [4.78, 5) is 4.58. The maximum atomic E-state index is 5.54. The van der Waals surface area contributed by atoms with Crippen molar-refractivity contribution >= 4 is 16.9 Å². The number of amidine groups is 1. The Balaban J connectivity index is 1.77. The lowest BCUT2D eigenvalue weighted by atomic mass is 10.1. The third-order valence-corrected chi connectivity index (χ3v) is 4.02. The zero-order chi connectivity index (χ0) is 10.7. The number of nitrogens with one attached hydrogen (secondary N) is 1. The van der Waals surface area contributed by atoms with Crippen LogP contribution in [0.15, 0.2) is 4.99 Å². The second kappa shape index (κ2) is 5.21. The summed E-state index contributed by atoms with van der Waals surface area (Å²) in [6.07, 6.45) is 2.75. The largest absolute Gasteiger partial charge is 0.376 e. The maximum absolute atomic E-state index is 5.54. The van der Waals surface area contributed by atoms with E-state index < -0.39 is 0 Å². The molecule has 1 unspecified atom stereocenters. The highest BCUT2D eigenvalue weighted by atomic mass is 32.2. The normalized spacial score (nSPS) is 33.9. The summed E-state index contributed by atoms with van der Waals surface area (Å²) in [5.41, 5.74) is 0. The van der Waals surface area contributed by atoms with E-state index in [0.29, 0.717) is 18.1 Å². The van der Waals surface area contributed by atoms with Crippen LogP contribution in [0.1, 0.15) is 26.7 Å². The van der Waals surface area contributed by atoms with Gasteiger partial charge in [-0.2, -0.15) is 0 Å². The van der Waals surface area contributed by atoms with Crippen LogP contribution in [0.25, 0.3) is 0 Å². The van der Waals surface area contributed by atoms with Gasteiger partial charge in [0.25, 0.3) is 0 Å². The zero-order valence-electron chi connectivity index (χ0n) is 9.53. The molecule has 2 atom stereocenters. The number of ether oxygens (including phenoxy) is 1. The first kappa shape index (κ1) is 11.3. The van der Waals surface area contributed by atoms with Crippen molar-refractivity contribution in [3.05, 3.63) is 0 Å². The smallest absolute Gasteiger partial charge is 0.156 e. The fourth-order valence-electron chi connectivity index (χ4n) is 1.83. The molecule has 0 bridgehead atoms. The Morgan fingerprint density at radius 2 is 2.47 bits per heavy atom. The van der Waals surface area contributed by atoms with Gasteiger partial charge in [-0.15, -0.1) is 0 Å². The number of hydrogen-bond acceptors (Lipinski definition) is 3. The molecule has 1 N–H and O–H groups in total. The summed E-state index contributed by atoms with van der Waals surface area (Å²) >= 11 is 1.85. The van der Waals surface area contributed by atoms with Crippen LogP contribution < -0.4 is 5.32 Å². The van der Waals surface area contributed by atoms with Gasteiger partial charge in [-0.05, 0) is 18.8 Å². The molecular weight excluding hydrogens is 208 g/mol. The summed E-state index contributed by atoms with van der Waals surface area (Å²) in [7, 11) is 0. The monoisotopic (exact) mass is 228 g/mol. The van der Waals surface area contributed by atoms with Crippen LogP contribution in [-0.2, 0) is 4.74 Å². The molecule has 2 fully saturated rings. The molecule has 15 heavy (non-hydrogen) atoms. The predicted molar refractivity (Wildman–Crippen MR) is 65.5 cm³/mol. The van der Waals surface area contributed by atoms with E-state index in [1.807, 2.05) is 11.8 Å². The van der Waals surface area contributed by atoms with E-state index in [4.69, 9.17) is 4.74 Å². The van der Waals surface area contributed by atoms with E-state index >= 15 is 0 Å². The van der Waals surface area contributed by atoms with E-state index in [1.54, 1.807) is 0 Å².